The van der Waals surface area contributed by atoms with Gasteiger partial charge in [0.1, 0.15) is 5.54 Å². The molecule has 5 nitrogen and oxygen atoms in total. The van der Waals surface area contributed by atoms with Crippen molar-refractivity contribution in [2.24, 2.45) is 17.6 Å². The number of nitrogens with one attached hydrogen (secondary N) is 1. The van der Waals surface area contributed by atoms with Crippen molar-refractivity contribution in [2.45, 2.75) is 43.7 Å². The zero-order valence-electron chi connectivity index (χ0n) is 12.4. The summed E-state index contributed by atoms with van der Waals surface area (Å²) in [6, 6.07) is 0.514. The van der Waals surface area contributed by atoms with Crippen LogP contribution in [0.1, 0.15) is 32.1 Å². The first kappa shape index (κ1) is 14.3. The van der Waals surface area contributed by atoms with Crippen LogP contribution >= 0.6 is 0 Å². The number of methoxy groups -OCH3 is 1. The second-order valence-corrected chi connectivity index (χ2v) is 6.87. The fraction of sp³-hybridized carbons (Fsp3) is 0.933. The van der Waals surface area contributed by atoms with Crippen LogP contribution in [0.3, 0.4) is 0 Å². The van der Waals surface area contributed by atoms with E-state index in [-0.39, 0.29) is 5.91 Å². The van der Waals surface area contributed by atoms with Gasteiger partial charge in [0.2, 0.25) is 5.91 Å². The maximum atomic E-state index is 12.2. The van der Waals surface area contributed by atoms with Crippen LogP contribution in [0, 0.1) is 11.8 Å². The molecule has 0 radical (unpaired) electrons. The van der Waals surface area contributed by atoms with E-state index in [1.807, 2.05) is 0 Å². The molecule has 2 saturated carbocycles. The van der Waals surface area contributed by atoms with Crippen molar-refractivity contribution in [1.82, 2.24) is 10.2 Å². The number of amides is 1. The molecule has 0 spiro atoms. The van der Waals surface area contributed by atoms with Gasteiger partial charge in [-0.05, 0) is 50.5 Å². The third kappa shape index (κ3) is 3.00. The number of primary amides is 1. The highest BCUT2D eigenvalue weighted by Gasteiger charge is 2.53. The predicted molar refractivity (Wildman–Crippen MR) is 77.2 cm³/mol. The zero-order valence-corrected chi connectivity index (χ0v) is 12.4. The van der Waals surface area contributed by atoms with Gasteiger partial charge in [-0.3, -0.25) is 10.1 Å². The van der Waals surface area contributed by atoms with Crippen LogP contribution in [-0.4, -0.2) is 55.7 Å². The number of carbonyl (C=O) groups excluding carboxylic acids is 1. The maximum Gasteiger partial charge on any atom is 0.239 e. The van der Waals surface area contributed by atoms with Crippen molar-refractivity contribution < 1.29 is 9.53 Å². The van der Waals surface area contributed by atoms with Gasteiger partial charge in [-0.25, -0.2) is 0 Å². The number of hydrogen-bond donors (Lipinski definition) is 2. The molecule has 3 rings (SSSR count). The summed E-state index contributed by atoms with van der Waals surface area (Å²) in [5, 5.41) is 3.59. The van der Waals surface area contributed by atoms with E-state index in [0.717, 1.165) is 45.5 Å². The first-order chi connectivity index (χ1) is 9.64. The molecule has 0 aromatic heterocycles. The second kappa shape index (κ2) is 5.62. The number of ether oxygens (including phenoxy) is 1. The van der Waals surface area contributed by atoms with Gasteiger partial charge in [0, 0.05) is 26.2 Å². The standard InChI is InChI=1S/C15H27N3O2/c1-20-9-11-6-7-18(8-11)10-15(14(16)19,12-2-3-12)17-13-4-5-13/h11-13,17H,2-10H2,1H3,(H2,16,19). The van der Waals surface area contributed by atoms with Crippen LogP contribution in [0.25, 0.3) is 0 Å². The highest BCUT2D eigenvalue weighted by atomic mass is 16.5. The van der Waals surface area contributed by atoms with Crippen molar-refractivity contribution >= 4 is 5.91 Å². The molecule has 20 heavy (non-hydrogen) atoms. The Bertz CT molecular complexity index is 368. The Labute approximate surface area is 121 Å². The molecule has 0 aromatic carbocycles. The minimum absolute atomic E-state index is 0.151. The minimum Gasteiger partial charge on any atom is -0.384 e. The van der Waals surface area contributed by atoms with E-state index < -0.39 is 5.54 Å². The lowest BCUT2D eigenvalue weighted by Gasteiger charge is -2.36. The average Bonchev–Trinajstić information content (AvgIpc) is 3.30. The van der Waals surface area contributed by atoms with E-state index in [0.29, 0.717) is 17.9 Å². The van der Waals surface area contributed by atoms with Gasteiger partial charge in [0.25, 0.3) is 0 Å². The van der Waals surface area contributed by atoms with Crippen LogP contribution in [-0.2, 0) is 9.53 Å². The van der Waals surface area contributed by atoms with Crippen molar-refractivity contribution in [2.75, 3.05) is 33.4 Å². The van der Waals surface area contributed by atoms with E-state index in [1.54, 1.807) is 7.11 Å². The molecule has 5 heteroatoms. The van der Waals surface area contributed by atoms with Crippen molar-refractivity contribution in [1.29, 1.82) is 0 Å². The van der Waals surface area contributed by atoms with E-state index in [4.69, 9.17) is 10.5 Å². The summed E-state index contributed by atoms with van der Waals surface area (Å²) in [5.74, 6) is 0.898. The normalized spacial score (nSPS) is 30.4. The van der Waals surface area contributed by atoms with Crippen LogP contribution in [0.4, 0.5) is 0 Å². The summed E-state index contributed by atoms with van der Waals surface area (Å²) < 4.78 is 5.25. The van der Waals surface area contributed by atoms with Gasteiger partial charge in [-0.1, -0.05) is 0 Å². The van der Waals surface area contributed by atoms with Crippen molar-refractivity contribution in [3.63, 3.8) is 0 Å². The van der Waals surface area contributed by atoms with Crippen LogP contribution in [0.2, 0.25) is 0 Å². The summed E-state index contributed by atoms with van der Waals surface area (Å²) in [4.78, 5) is 14.6. The van der Waals surface area contributed by atoms with E-state index in [2.05, 4.69) is 10.2 Å². The highest BCUT2D eigenvalue weighted by Crippen LogP contribution is 2.42. The summed E-state index contributed by atoms with van der Waals surface area (Å²) in [5.41, 5.74) is 5.32. The lowest BCUT2D eigenvalue weighted by atomic mass is 9.91. The largest absolute Gasteiger partial charge is 0.384 e. The number of carbonyl (C=O) groups is 1. The Hall–Kier alpha value is -0.650. The molecular formula is C15H27N3O2. The third-order valence-electron chi connectivity index (χ3n) is 5.00. The molecule has 114 valence electrons. The van der Waals surface area contributed by atoms with E-state index in [9.17, 15) is 4.79 Å². The third-order valence-corrected chi connectivity index (χ3v) is 5.00. The summed E-state index contributed by atoms with van der Waals surface area (Å²) >= 11 is 0. The van der Waals surface area contributed by atoms with Crippen LogP contribution < -0.4 is 11.1 Å². The number of nitrogens with two attached hydrogens (primary N) is 1. The maximum absolute atomic E-state index is 12.2. The fourth-order valence-corrected chi connectivity index (χ4v) is 3.59. The van der Waals surface area contributed by atoms with Gasteiger partial charge in [0.15, 0.2) is 0 Å². The molecule has 1 aliphatic heterocycles. The Kier molecular flexibility index (Phi) is 4.02. The number of likely N-dealkylation sites (tertiary alicyclic amines) is 1. The Morgan fingerprint density at radius 3 is 2.65 bits per heavy atom. The molecule has 1 amide bonds. The highest BCUT2D eigenvalue weighted by molar-refractivity contribution is 5.86. The SMILES string of the molecule is COCC1CCN(CC(NC2CC2)(C(N)=O)C2CC2)C1. The van der Waals surface area contributed by atoms with Gasteiger partial charge >= 0.3 is 0 Å². The second-order valence-electron chi connectivity index (χ2n) is 6.87. The molecule has 2 aliphatic carbocycles. The average molecular weight is 281 g/mol. The van der Waals surface area contributed by atoms with Gasteiger partial charge in [-0.2, -0.15) is 0 Å². The Balaban J connectivity index is 1.65. The smallest absolute Gasteiger partial charge is 0.239 e. The van der Waals surface area contributed by atoms with E-state index >= 15 is 0 Å². The molecular weight excluding hydrogens is 254 g/mol. The monoisotopic (exact) mass is 281 g/mol. The Morgan fingerprint density at radius 2 is 2.10 bits per heavy atom. The topological polar surface area (TPSA) is 67.6 Å². The fourth-order valence-electron chi connectivity index (χ4n) is 3.59. The summed E-state index contributed by atoms with van der Waals surface area (Å²) in [6.07, 6.45) is 5.81. The van der Waals surface area contributed by atoms with Gasteiger partial charge < -0.3 is 15.4 Å². The molecule has 3 aliphatic rings. The molecule has 0 bridgehead atoms. The van der Waals surface area contributed by atoms with Crippen LogP contribution in [0.5, 0.6) is 0 Å². The molecule has 1 heterocycles. The molecule has 3 fully saturated rings. The number of hydrogen-bond acceptors (Lipinski definition) is 4. The first-order valence-electron chi connectivity index (χ1n) is 7.93. The summed E-state index contributed by atoms with van der Waals surface area (Å²) in [6.45, 7) is 3.69. The quantitative estimate of drug-likeness (QED) is 0.673. The first-order valence-corrected chi connectivity index (χ1v) is 7.93. The zero-order chi connectivity index (χ0) is 14.2. The molecule has 2 atom stereocenters. The summed E-state index contributed by atoms with van der Waals surface area (Å²) in [7, 11) is 1.76. The van der Waals surface area contributed by atoms with Gasteiger partial charge in [-0.15, -0.1) is 0 Å². The van der Waals surface area contributed by atoms with Gasteiger partial charge in [0.05, 0.1) is 6.61 Å². The number of rotatable bonds is 8. The van der Waals surface area contributed by atoms with E-state index in [1.165, 1.54) is 12.8 Å². The minimum atomic E-state index is -0.483. The van der Waals surface area contributed by atoms with Crippen molar-refractivity contribution in [3.8, 4) is 0 Å². The van der Waals surface area contributed by atoms with Crippen LogP contribution in [0.15, 0.2) is 0 Å². The lowest BCUT2D eigenvalue weighted by molar-refractivity contribution is -0.126. The molecule has 0 aromatic rings. The molecule has 3 N–H and O–H groups in total. The number of nitrogens with zero attached hydrogens (tertiary/aromatic N) is 1. The Morgan fingerprint density at radius 1 is 1.35 bits per heavy atom. The molecule has 2 unspecified atom stereocenters. The lowest BCUT2D eigenvalue weighted by Crippen LogP contribution is -2.63. The van der Waals surface area contributed by atoms with Crippen molar-refractivity contribution in [3.05, 3.63) is 0 Å². The molecule has 1 saturated heterocycles. The predicted octanol–water partition coefficient (Wildman–Crippen LogP) is 0.341.